The number of unbranched alkanes of at least 4 members (excludes halogenated alkanes) is 7. The van der Waals surface area contributed by atoms with Gasteiger partial charge in [-0.15, -0.1) is 0 Å². The fraction of sp³-hybridized carbons (Fsp3) is 0.610. The molecule has 0 radical (unpaired) electrons. The molecule has 2 atom stereocenters. The van der Waals surface area contributed by atoms with Gasteiger partial charge in [0.05, 0.1) is 13.2 Å². The second-order valence-electron chi connectivity index (χ2n) is 12.1. The molecule has 0 saturated heterocycles. The minimum Gasteiger partial charge on any atom is -0.462 e. The molecule has 0 aliphatic heterocycles. The Bertz CT molecular complexity index is 1110. The van der Waals surface area contributed by atoms with Crippen molar-refractivity contribution in [3.05, 3.63) is 85.1 Å². The lowest BCUT2D eigenvalue weighted by molar-refractivity contribution is -0.161. The number of allylic oxidation sites excluding steroid dienone is 14. The van der Waals surface area contributed by atoms with Crippen LogP contribution in [-0.2, 0) is 32.7 Å². The number of carbonyl (C=O) groups excluding carboxylic acids is 2. The number of nitrogens with two attached hydrogens (primary N) is 1. The molecule has 0 aromatic heterocycles. The van der Waals surface area contributed by atoms with E-state index in [-0.39, 0.29) is 32.6 Å². The van der Waals surface area contributed by atoms with Crippen LogP contribution in [0.3, 0.4) is 0 Å². The Hall–Kier alpha value is -2.81. The first kappa shape index (κ1) is 48.2. The lowest BCUT2D eigenvalue weighted by atomic mass is 10.1. The van der Waals surface area contributed by atoms with Crippen LogP contribution in [0.1, 0.15) is 129 Å². The summed E-state index contributed by atoms with van der Waals surface area (Å²) in [7, 11) is -4.39. The topological polar surface area (TPSA) is 134 Å². The Morgan fingerprint density at radius 2 is 1.12 bits per heavy atom. The molecule has 10 heteroatoms. The van der Waals surface area contributed by atoms with E-state index in [4.69, 9.17) is 24.3 Å². The third-order valence-electron chi connectivity index (χ3n) is 7.28. The van der Waals surface area contributed by atoms with Crippen LogP contribution in [-0.4, -0.2) is 49.3 Å². The van der Waals surface area contributed by atoms with Gasteiger partial charge in [0.15, 0.2) is 6.10 Å². The third-order valence-corrected chi connectivity index (χ3v) is 8.26. The summed E-state index contributed by atoms with van der Waals surface area (Å²) in [6, 6.07) is 0. The quantitative estimate of drug-likeness (QED) is 0.0287. The van der Waals surface area contributed by atoms with E-state index in [2.05, 4.69) is 86.8 Å². The summed E-state index contributed by atoms with van der Waals surface area (Å²) in [6.07, 6.45) is 44.9. The van der Waals surface area contributed by atoms with E-state index in [0.717, 1.165) is 77.0 Å². The second-order valence-corrected chi connectivity index (χ2v) is 13.5. The maximum Gasteiger partial charge on any atom is 0.472 e. The highest BCUT2D eigenvalue weighted by atomic mass is 31.2. The zero-order chi connectivity index (χ0) is 37.5. The van der Waals surface area contributed by atoms with E-state index >= 15 is 0 Å². The van der Waals surface area contributed by atoms with E-state index in [1.807, 2.05) is 12.2 Å². The molecule has 0 aliphatic carbocycles. The van der Waals surface area contributed by atoms with Gasteiger partial charge in [0.1, 0.15) is 6.61 Å². The summed E-state index contributed by atoms with van der Waals surface area (Å²) in [5.74, 6) is -0.950. The lowest BCUT2D eigenvalue weighted by Gasteiger charge is -2.19. The van der Waals surface area contributed by atoms with Crippen molar-refractivity contribution in [1.29, 1.82) is 0 Å². The molecule has 0 aromatic carbocycles. The van der Waals surface area contributed by atoms with Crippen molar-refractivity contribution in [2.24, 2.45) is 5.73 Å². The van der Waals surface area contributed by atoms with Crippen LogP contribution >= 0.6 is 7.82 Å². The first-order valence-electron chi connectivity index (χ1n) is 19.1. The van der Waals surface area contributed by atoms with Crippen LogP contribution in [0.4, 0.5) is 0 Å². The van der Waals surface area contributed by atoms with Gasteiger partial charge in [0, 0.05) is 19.4 Å². The highest BCUT2D eigenvalue weighted by molar-refractivity contribution is 7.47. The number of esters is 2. The van der Waals surface area contributed by atoms with Crippen molar-refractivity contribution in [2.75, 3.05) is 26.4 Å². The van der Waals surface area contributed by atoms with Crippen LogP contribution in [0.5, 0.6) is 0 Å². The molecule has 0 saturated carbocycles. The highest BCUT2D eigenvalue weighted by Crippen LogP contribution is 2.43. The van der Waals surface area contributed by atoms with Gasteiger partial charge in [-0.25, -0.2) is 4.57 Å². The van der Waals surface area contributed by atoms with Crippen molar-refractivity contribution in [1.82, 2.24) is 0 Å². The standard InChI is InChI=1S/C41H68NO8P/c1-3-5-7-9-11-13-15-16-17-18-19-20-21-22-24-25-27-29-31-33-40(43)47-37-39(38-49-51(45,46)48-36-35-42)50-41(44)34-32-30-28-26-23-14-12-10-8-6-4-2/h5,7,10-13,16-17,19-20,22,24,27,29,39H,3-4,6,8-9,14-15,18,21,23,25-26,28,30-38,42H2,1-2H3,(H,45,46)/b7-5-,12-10-,13-11-,17-16-,20-19-,24-22-,29-27-/t39-/m1/s1. The molecule has 51 heavy (non-hydrogen) atoms. The predicted octanol–water partition coefficient (Wildman–Crippen LogP) is 10.5. The van der Waals surface area contributed by atoms with Crippen LogP contribution < -0.4 is 5.73 Å². The highest BCUT2D eigenvalue weighted by Gasteiger charge is 2.25. The van der Waals surface area contributed by atoms with Crippen molar-refractivity contribution < 1.29 is 37.6 Å². The zero-order valence-corrected chi connectivity index (χ0v) is 32.4. The number of hydrogen-bond donors (Lipinski definition) is 2. The minimum absolute atomic E-state index is 0.0381. The van der Waals surface area contributed by atoms with Gasteiger partial charge in [0.2, 0.25) is 0 Å². The summed E-state index contributed by atoms with van der Waals surface area (Å²) < 4.78 is 32.5. The number of carbonyl (C=O) groups is 2. The van der Waals surface area contributed by atoms with Crippen LogP contribution in [0, 0.1) is 0 Å². The van der Waals surface area contributed by atoms with E-state index in [0.29, 0.717) is 12.8 Å². The summed E-state index contributed by atoms with van der Waals surface area (Å²) >= 11 is 0. The molecule has 0 bridgehead atoms. The maximum atomic E-state index is 12.5. The van der Waals surface area contributed by atoms with Gasteiger partial charge >= 0.3 is 19.8 Å². The monoisotopic (exact) mass is 733 g/mol. The molecule has 0 fully saturated rings. The van der Waals surface area contributed by atoms with Gasteiger partial charge in [-0.05, 0) is 70.6 Å². The van der Waals surface area contributed by atoms with Crippen molar-refractivity contribution in [2.45, 2.75) is 136 Å². The Kier molecular flexibility index (Phi) is 34.9. The molecular formula is C41H68NO8P. The molecule has 0 spiro atoms. The normalized spacial score (nSPS) is 14.4. The van der Waals surface area contributed by atoms with Crippen LogP contribution in [0.15, 0.2) is 85.1 Å². The number of phosphoric acid groups is 1. The summed E-state index contributed by atoms with van der Waals surface area (Å²) in [6.45, 7) is 3.44. The minimum atomic E-state index is -4.39. The first-order chi connectivity index (χ1) is 24.8. The summed E-state index contributed by atoms with van der Waals surface area (Å²) in [5, 5.41) is 0. The largest absolute Gasteiger partial charge is 0.472 e. The van der Waals surface area contributed by atoms with Gasteiger partial charge < -0.3 is 20.1 Å². The summed E-state index contributed by atoms with van der Waals surface area (Å²) in [4.78, 5) is 34.6. The molecule has 9 nitrogen and oxygen atoms in total. The fourth-order valence-corrected chi connectivity index (χ4v) is 5.23. The molecule has 1 unspecified atom stereocenters. The van der Waals surface area contributed by atoms with E-state index in [9.17, 15) is 19.0 Å². The van der Waals surface area contributed by atoms with E-state index in [1.54, 1.807) is 0 Å². The zero-order valence-electron chi connectivity index (χ0n) is 31.5. The van der Waals surface area contributed by atoms with Crippen molar-refractivity contribution in [3.8, 4) is 0 Å². The molecule has 290 valence electrons. The lowest BCUT2D eigenvalue weighted by Crippen LogP contribution is -2.29. The van der Waals surface area contributed by atoms with Gasteiger partial charge in [-0.2, -0.15) is 0 Å². The van der Waals surface area contributed by atoms with Crippen molar-refractivity contribution >= 4 is 19.8 Å². The van der Waals surface area contributed by atoms with Crippen LogP contribution in [0.2, 0.25) is 0 Å². The molecule has 0 amide bonds. The molecule has 0 rings (SSSR count). The Morgan fingerprint density at radius 1 is 0.608 bits per heavy atom. The molecule has 0 aliphatic rings. The van der Waals surface area contributed by atoms with E-state index in [1.165, 1.54) is 12.8 Å². The number of ether oxygens (including phenoxy) is 2. The maximum absolute atomic E-state index is 12.5. The van der Waals surface area contributed by atoms with Crippen LogP contribution in [0.25, 0.3) is 0 Å². The molecule has 3 N–H and O–H groups in total. The molecule has 0 aromatic rings. The first-order valence-corrected chi connectivity index (χ1v) is 20.6. The van der Waals surface area contributed by atoms with Gasteiger partial charge in [0.25, 0.3) is 0 Å². The number of hydrogen-bond acceptors (Lipinski definition) is 8. The SMILES string of the molecule is CC/C=C\C/C=C\C/C=C\C/C=C\C/C=C\C/C=C\CCC(=O)OC[C@H](COP(=O)(O)OCCN)OC(=O)CCCCCCC/C=C\CCCC. The van der Waals surface area contributed by atoms with E-state index < -0.39 is 32.5 Å². The third kappa shape index (κ3) is 36.8. The average molecular weight is 734 g/mol. The average Bonchev–Trinajstić information content (AvgIpc) is 3.11. The second kappa shape index (κ2) is 37.0. The fourth-order valence-electron chi connectivity index (χ4n) is 4.46. The van der Waals surface area contributed by atoms with Crippen molar-refractivity contribution in [3.63, 3.8) is 0 Å². The smallest absolute Gasteiger partial charge is 0.462 e. The van der Waals surface area contributed by atoms with Gasteiger partial charge in [-0.1, -0.05) is 131 Å². The Labute approximate surface area is 309 Å². The predicted molar refractivity (Wildman–Crippen MR) is 210 cm³/mol. The number of rotatable bonds is 34. The summed E-state index contributed by atoms with van der Waals surface area (Å²) in [5.41, 5.74) is 5.32. The van der Waals surface area contributed by atoms with Gasteiger partial charge in [-0.3, -0.25) is 18.6 Å². The molecule has 0 heterocycles. The Balaban J connectivity index is 4.36. The molecular weight excluding hydrogens is 665 g/mol. The number of phosphoric ester groups is 1. The Morgan fingerprint density at radius 3 is 1.69 bits per heavy atom.